The number of pyridine rings is 1. The Kier molecular flexibility index (Phi) is 3.38. The first-order valence-electron chi connectivity index (χ1n) is 7.06. The van der Waals surface area contributed by atoms with Crippen LogP contribution in [0.2, 0.25) is 0 Å². The summed E-state index contributed by atoms with van der Waals surface area (Å²) >= 11 is 0. The van der Waals surface area contributed by atoms with Gasteiger partial charge in [-0.25, -0.2) is 4.98 Å². The number of anilines is 1. The number of nitrogens with zero attached hydrogens (tertiary/aromatic N) is 2. The highest BCUT2D eigenvalue weighted by Crippen LogP contribution is 2.33. The lowest BCUT2D eigenvalue weighted by Gasteiger charge is -2.24. The van der Waals surface area contributed by atoms with Crippen LogP contribution in [0.3, 0.4) is 0 Å². The van der Waals surface area contributed by atoms with Gasteiger partial charge in [0.15, 0.2) is 0 Å². The van der Waals surface area contributed by atoms with Crippen LogP contribution in [0, 0.1) is 5.92 Å². The Labute approximate surface area is 113 Å². The first kappa shape index (κ1) is 12.4. The molecular weight excluding hydrogens is 236 g/mol. The van der Waals surface area contributed by atoms with Crippen LogP contribution < -0.4 is 4.90 Å². The summed E-state index contributed by atoms with van der Waals surface area (Å²) in [5.41, 5.74) is 0.904. The lowest BCUT2D eigenvalue weighted by Crippen LogP contribution is -2.26. The minimum atomic E-state index is 0.0442. The predicted octanol–water partition coefficient (Wildman–Crippen LogP) is 2.96. The highest BCUT2D eigenvalue weighted by molar-refractivity contribution is 5.94. The second-order valence-corrected chi connectivity index (χ2v) is 5.29. The zero-order valence-electron chi connectivity index (χ0n) is 11.3. The van der Waals surface area contributed by atoms with Crippen molar-refractivity contribution < 1.29 is 5.11 Å². The van der Waals surface area contributed by atoms with E-state index in [4.69, 9.17) is 0 Å². The molecule has 0 atom stereocenters. The number of rotatable bonds is 5. The van der Waals surface area contributed by atoms with Crippen LogP contribution >= 0.6 is 0 Å². The molecule has 19 heavy (non-hydrogen) atoms. The molecule has 3 rings (SSSR count). The number of hydrogen-bond donors (Lipinski definition) is 1. The quantitative estimate of drug-likeness (QED) is 0.893. The third kappa shape index (κ3) is 2.43. The van der Waals surface area contributed by atoms with Gasteiger partial charge in [-0.2, -0.15) is 0 Å². The average molecular weight is 256 g/mol. The molecule has 0 radical (unpaired) electrons. The van der Waals surface area contributed by atoms with E-state index in [0.29, 0.717) is 0 Å². The van der Waals surface area contributed by atoms with Crippen LogP contribution in [0.5, 0.6) is 0 Å². The van der Waals surface area contributed by atoms with E-state index in [1.165, 1.54) is 12.8 Å². The molecule has 0 aliphatic heterocycles. The summed E-state index contributed by atoms with van der Waals surface area (Å²) in [7, 11) is 0. The van der Waals surface area contributed by atoms with Crippen LogP contribution in [-0.2, 0) is 6.61 Å². The summed E-state index contributed by atoms with van der Waals surface area (Å²) < 4.78 is 0. The fourth-order valence-electron chi connectivity index (χ4n) is 2.59. The predicted molar refractivity (Wildman–Crippen MR) is 78.3 cm³/mol. The molecule has 1 aliphatic rings. The maximum atomic E-state index is 9.42. The molecule has 100 valence electrons. The minimum Gasteiger partial charge on any atom is -0.392 e. The molecule has 1 heterocycles. The summed E-state index contributed by atoms with van der Waals surface area (Å²) in [6.07, 6.45) is 4.51. The van der Waals surface area contributed by atoms with Gasteiger partial charge in [0.05, 0.1) is 6.61 Å². The van der Waals surface area contributed by atoms with Gasteiger partial charge < -0.3 is 10.0 Å². The van der Waals surface area contributed by atoms with E-state index in [9.17, 15) is 5.11 Å². The SMILES string of the molecule is CCN(CC1CC1)c1ncc(CO)c2ccccc12. The van der Waals surface area contributed by atoms with Crippen LogP contribution in [0.15, 0.2) is 30.5 Å². The number of aromatic nitrogens is 1. The van der Waals surface area contributed by atoms with Crippen molar-refractivity contribution in [3.63, 3.8) is 0 Å². The van der Waals surface area contributed by atoms with Crippen LogP contribution in [0.1, 0.15) is 25.3 Å². The van der Waals surface area contributed by atoms with Gasteiger partial charge in [-0.15, -0.1) is 0 Å². The fraction of sp³-hybridized carbons (Fsp3) is 0.438. The Hall–Kier alpha value is -1.61. The largest absolute Gasteiger partial charge is 0.392 e. The Balaban J connectivity index is 2.06. The summed E-state index contributed by atoms with van der Waals surface area (Å²) in [6.45, 7) is 4.30. The molecule has 1 aromatic heterocycles. The van der Waals surface area contributed by atoms with Crippen molar-refractivity contribution >= 4 is 16.6 Å². The molecule has 1 N–H and O–H groups in total. The van der Waals surface area contributed by atoms with E-state index in [-0.39, 0.29) is 6.61 Å². The Morgan fingerprint density at radius 2 is 2.00 bits per heavy atom. The first-order valence-corrected chi connectivity index (χ1v) is 7.06. The number of aliphatic hydroxyl groups is 1. The van der Waals surface area contributed by atoms with E-state index in [1.807, 2.05) is 18.3 Å². The smallest absolute Gasteiger partial charge is 0.136 e. The highest BCUT2D eigenvalue weighted by Gasteiger charge is 2.25. The first-order chi connectivity index (χ1) is 9.33. The van der Waals surface area contributed by atoms with Crippen molar-refractivity contribution in [2.75, 3.05) is 18.0 Å². The molecule has 2 aromatic rings. The Morgan fingerprint density at radius 3 is 2.63 bits per heavy atom. The van der Waals surface area contributed by atoms with Crippen molar-refractivity contribution in [1.82, 2.24) is 4.98 Å². The minimum absolute atomic E-state index is 0.0442. The fourth-order valence-corrected chi connectivity index (χ4v) is 2.59. The van der Waals surface area contributed by atoms with Crippen LogP contribution in [0.4, 0.5) is 5.82 Å². The third-order valence-electron chi connectivity index (χ3n) is 3.88. The van der Waals surface area contributed by atoms with Gasteiger partial charge in [-0.05, 0) is 31.1 Å². The van der Waals surface area contributed by atoms with Gasteiger partial charge in [0.2, 0.25) is 0 Å². The maximum Gasteiger partial charge on any atom is 0.136 e. The summed E-state index contributed by atoms with van der Waals surface area (Å²) in [6, 6.07) is 8.23. The second-order valence-electron chi connectivity index (χ2n) is 5.29. The maximum absolute atomic E-state index is 9.42. The van der Waals surface area contributed by atoms with Gasteiger partial charge in [-0.3, -0.25) is 0 Å². The van der Waals surface area contributed by atoms with Gasteiger partial charge >= 0.3 is 0 Å². The molecule has 0 unspecified atom stereocenters. The molecule has 0 bridgehead atoms. The summed E-state index contributed by atoms with van der Waals surface area (Å²) in [5, 5.41) is 11.7. The van der Waals surface area contributed by atoms with Crippen molar-refractivity contribution in [2.45, 2.75) is 26.4 Å². The normalized spacial score (nSPS) is 14.8. The topological polar surface area (TPSA) is 36.4 Å². The molecular formula is C16H20N2O. The van der Waals surface area contributed by atoms with Crippen LogP contribution in [-0.4, -0.2) is 23.2 Å². The molecule has 0 saturated heterocycles. The Morgan fingerprint density at radius 1 is 1.26 bits per heavy atom. The van der Waals surface area contributed by atoms with Gasteiger partial charge in [0.1, 0.15) is 5.82 Å². The molecule has 3 heteroatoms. The molecule has 0 spiro atoms. The van der Waals surface area contributed by atoms with E-state index >= 15 is 0 Å². The zero-order chi connectivity index (χ0) is 13.2. The molecule has 1 aliphatic carbocycles. The van der Waals surface area contributed by atoms with Gasteiger partial charge in [-0.1, -0.05) is 24.3 Å². The third-order valence-corrected chi connectivity index (χ3v) is 3.88. The van der Waals surface area contributed by atoms with E-state index < -0.39 is 0 Å². The number of fused-ring (bicyclic) bond motifs is 1. The molecule has 1 saturated carbocycles. The zero-order valence-corrected chi connectivity index (χ0v) is 11.3. The van der Waals surface area contributed by atoms with E-state index in [1.54, 1.807) is 0 Å². The average Bonchev–Trinajstić information content (AvgIpc) is 3.28. The standard InChI is InChI=1S/C16H20N2O/c1-2-18(10-12-7-8-12)16-15-6-4-3-5-14(15)13(11-19)9-17-16/h3-6,9,12,19H,2,7-8,10-11H2,1H3. The number of aliphatic hydroxyl groups excluding tert-OH is 1. The highest BCUT2D eigenvalue weighted by atomic mass is 16.3. The molecule has 1 aromatic carbocycles. The summed E-state index contributed by atoms with van der Waals surface area (Å²) in [4.78, 5) is 6.96. The van der Waals surface area contributed by atoms with E-state index in [2.05, 4.69) is 28.9 Å². The van der Waals surface area contributed by atoms with Crippen molar-refractivity contribution in [3.8, 4) is 0 Å². The van der Waals surface area contributed by atoms with Crippen molar-refractivity contribution in [1.29, 1.82) is 0 Å². The lowest BCUT2D eigenvalue weighted by atomic mass is 10.1. The van der Waals surface area contributed by atoms with Crippen LogP contribution in [0.25, 0.3) is 10.8 Å². The second kappa shape index (κ2) is 5.17. The molecule has 0 amide bonds. The van der Waals surface area contributed by atoms with Crippen molar-refractivity contribution in [3.05, 3.63) is 36.0 Å². The Bertz CT molecular complexity index is 578. The number of benzene rings is 1. The lowest BCUT2D eigenvalue weighted by molar-refractivity contribution is 0.283. The van der Waals surface area contributed by atoms with Gasteiger partial charge in [0.25, 0.3) is 0 Å². The van der Waals surface area contributed by atoms with Crippen molar-refractivity contribution in [2.24, 2.45) is 5.92 Å². The molecule has 1 fully saturated rings. The molecule has 3 nitrogen and oxygen atoms in total. The monoisotopic (exact) mass is 256 g/mol. The van der Waals surface area contributed by atoms with Gasteiger partial charge in [0, 0.05) is 30.2 Å². The number of hydrogen-bond acceptors (Lipinski definition) is 3. The van der Waals surface area contributed by atoms with E-state index in [0.717, 1.165) is 41.2 Å². The summed E-state index contributed by atoms with van der Waals surface area (Å²) in [5.74, 6) is 1.90.